The Morgan fingerprint density at radius 3 is 2.73 bits per heavy atom. The maximum atomic E-state index is 3.99. The first kappa shape index (κ1) is 10.6. The summed E-state index contributed by atoms with van der Waals surface area (Å²) in [6, 6.07) is 6.29. The van der Waals surface area contributed by atoms with E-state index in [1.807, 2.05) is 0 Å². The van der Waals surface area contributed by atoms with Gasteiger partial charge in [0.2, 0.25) is 5.13 Å². The highest BCUT2D eigenvalue weighted by molar-refractivity contribution is 9.11. The van der Waals surface area contributed by atoms with Crippen molar-refractivity contribution in [2.75, 3.05) is 5.32 Å². The lowest BCUT2D eigenvalue weighted by Crippen LogP contribution is -1.93. The maximum Gasteiger partial charge on any atom is 0.210 e. The number of benzene rings is 1. The lowest BCUT2D eigenvalue weighted by Gasteiger charge is -2.06. The Morgan fingerprint density at radius 1 is 1.27 bits per heavy atom. The van der Waals surface area contributed by atoms with E-state index in [2.05, 4.69) is 63.5 Å². The highest BCUT2D eigenvalue weighted by atomic mass is 79.9. The third kappa shape index (κ3) is 2.54. The molecule has 5 heteroatoms. The molecule has 1 heterocycles. The van der Waals surface area contributed by atoms with Gasteiger partial charge in [0.25, 0.3) is 0 Å². The van der Waals surface area contributed by atoms with Crippen LogP contribution in [-0.2, 0) is 0 Å². The molecule has 0 aliphatic rings. The average Bonchev–Trinajstić information content (AvgIpc) is 2.58. The molecule has 0 atom stereocenters. The van der Waals surface area contributed by atoms with Gasteiger partial charge in [-0.1, -0.05) is 23.5 Å². The van der Waals surface area contributed by atoms with Crippen molar-refractivity contribution in [1.29, 1.82) is 0 Å². The van der Waals surface area contributed by atoms with Crippen LogP contribution in [0.5, 0.6) is 0 Å². The standard InChI is InChI=1S/C10H10BrN3S/c1-6-3-4-7(2)8(5-6)12-10-14-13-9(11)15-10/h3-5H,1-2H3,(H,12,14). The Morgan fingerprint density at radius 2 is 2.07 bits per heavy atom. The minimum absolute atomic E-state index is 0.787. The lowest BCUT2D eigenvalue weighted by molar-refractivity contribution is 1.07. The molecule has 1 aromatic heterocycles. The summed E-state index contributed by atoms with van der Waals surface area (Å²) in [5.74, 6) is 0. The van der Waals surface area contributed by atoms with Gasteiger partial charge in [0.15, 0.2) is 3.92 Å². The zero-order valence-corrected chi connectivity index (χ0v) is 10.8. The summed E-state index contributed by atoms with van der Waals surface area (Å²) >= 11 is 4.76. The van der Waals surface area contributed by atoms with Crippen LogP contribution in [0.25, 0.3) is 0 Å². The van der Waals surface area contributed by atoms with Crippen molar-refractivity contribution in [2.24, 2.45) is 0 Å². The predicted octanol–water partition coefficient (Wildman–Crippen LogP) is 3.66. The first-order valence-corrected chi connectivity index (χ1v) is 6.09. The van der Waals surface area contributed by atoms with Gasteiger partial charge in [-0.25, -0.2) is 0 Å². The van der Waals surface area contributed by atoms with Crippen molar-refractivity contribution in [3.05, 3.63) is 33.2 Å². The number of aryl methyl sites for hydroxylation is 2. The fourth-order valence-corrected chi connectivity index (χ4v) is 2.26. The van der Waals surface area contributed by atoms with Gasteiger partial charge in [-0.05, 0) is 47.0 Å². The van der Waals surface area contributed by atoms with Gasteiger partial charge in [-0.2, -0.15) is 0 Å². The highest BCUT2D eigenvalue weighted by Gasteiger charge is 2.03. The van der Waals surface area contributed by atoms with E-state index in [9.17, 15) is 0 Å². The molecule has 0 fully saturated rings. The van der Waals surface area contributed by atoms with Crippen LogP contribution in [-0.4, -0.2) is 10.2 Å². The van der Waals surface area contributed by atoms with Crippen LogP contribution in [0.4, 0.5) is 10.8 Å². The van der Waals surface area contributed by atoms with Crippen molar-refractivity contribution >= 4 is 38.1 Å². The van der Waals surface area contributed by atoms with Crippen molar-refractivity contribution in [2.45, 2.75) is 13.8 Å². The smallest absolute Gasteiger partial charge is 0.210 e. The van der Waals surface area contributed by atoms with E-state index in [4.69, 9.17) is 0 Å². The van der Waals surface area contributed by atoms with Gasteiger partial charge >= 0.3 is 0 Å². The monoisotopic (exact) mass is 283 g/mol. The molecule has 3 nitrogen and oxygen atoms in total. The molecule has 2 aromatic rings. The van der Waals surface area contributed by atoms with Crippen molar-refractivity contribution in [3.8, 4) is 0 Å². The summed E-state index contributed by atoms with van der Waals surface area (Å²) in [7, 11) is 0. The number of hydrogen-bond donors (Lipinski definition) is 1. The van der Waals surface area contributed by atoms with Crippen LogP contribution >= 0.6 is 27.3 Å². The normalized spacial score (nSPS) is 10.3. The molecular weight excluding hydrogens is 274 g/mol. The van der Waals surface area contributed by atoms with Crippen LogP contribution in [0.15, 0.2) is 22.1 Å². The Kier molecular flexibility index (Phi) is 3.02. The minimum atomic E-state index is 0.787. The summed E-state index contributed by atoms with van der Waals surface area (Å²) in [5, 5.41) is 11.9. The Balaban J connectivity index is 2.27. The molecule has 1 N–H and O–H groups in total. The second-order valence-electron chi connectivity index (χ2n) is 3.30. The molecule has 1 aromatic carbocycles. The molecule has 0 aliphatic heterocycles. The number of nitrogens with one attached hydrogen (secondary N) is 1. The number of hydrogen-bond acceptors (Lipinski definition) is 4. The molecule has 0 radical (unpaired) electrons. The topological polar surface area (TPSA) is 37.8 Å². The molecule has 0 bridgehead atoms. The van der Waals surface area contributed by atoms with Crippen LogP contribution < -0.4 is 5.32 Å². The first-order valence-electron chi connectivity index (χ1n) is 4.48. The molecule has 2 rings (SSSR count). The third-order valence-corrected chi connectivity index (χ3v) is 3.31. The van der Waals surface area contributed by atoms with Gasteiger partial charge in [0.05, 0.1) is 0 Å². The second-order valence-corrected chi connectivity index (χ2v) is 5.56. The number of rotatable bonds is 2. The zero-order valence-electron chi connectivity index (χ0n) is 8.41. The van der Waals surface area contributed by atoms with E-state index >= 15 is 0 Å². The van der Waals surface area contributed by atoms with Crippen molar-refractivity contribution in [3.63, 3.8) is 0 Å². The van der Waals surface area contributed by atoms with E-state index in [0.717, 1.165) is 14.7 Å². The summed E-state index contributed by atoms with van der Waals surface area (Å²) in [4.78, 5) is 0. The quantitative estimate of drug-likeness (QED) is 0.914. The molecule has 0 unspecified atom stereocenters. The molecule has 0 saturated heterocycles. The molecule has 78 valence electrons. The van der Waals surface area contributed by atoms with E-state index in [1.54, 1.807) is 0 Å². The fraction of sp³-hybridized carbons (Fsp3) is 0.200. The lowest BCUT2D eigenvalue weighted by atomic mass is 10.1. The molecule has 15 heavy (non-hydrogen) atoms. The Labute approximate surface area is 101 Å². The van der Waals surface area contributed by atoms with E-state index in [-0.39, 0.29) is 0 Å². The number of nitrogens with zero attached hydrogens (tertiary/aromatic N) is 2. The largest absolute Gasteiger partial charge is 0.330 e. The molecular formula is C10H10BrN3S. The fourth-order valence-electron chi connectivity index (χ4n) is 1.24. The summed E-state index contributed by atoms with van der Waals surface area (Å²) < 4.78 is 0.787. The van der Waals surface area contributed by atoms with Crippen LogP contribution in [0, 0.1) is 13.8 Å². The molecule has 0 spiro atoms. The predicted molar refractivity (Wildman–Crippen MR) is 66.8 cm³/mol. The second kappa shape index (κ2) is 4.28. The van der Waals surface area contributed by atoms with Gasteiger partial charge in [-0.15, -0.1) is 10.2 Å². The SMILES string of the molecule is Cc1ccc(C)c(Nc2nnc(Br)s2)c1. The third-order valence-electron chi connectivity index (χ3n) is 2.04. The summed E-state index contributed by atoms with van der Waals surface area (Å²) in [5.41, 5.74) is 3.51. The van der Waals surface area contributed by atoms with Crippen molar-refractivity contribution < 1.29 is 0 Å². The highest BCUT2D eigenvalue weighted by Crippen LogP contribution is 2.26. The minimum Gasteiger partial charge on any atom is -0.330 e. The zero-order chi connectivity index (χ0) is 10.8. The number of anilines is 2. The van der Waals surface area contributed by atoms with Gasteiger partial charge in [0.1, 0.15) is 0 Å². The molecule has 0 aliphatic carbocycles. The van der Waals surface area contributed by atoms with E-state index in [0.29, 0.717) is 0 Å². The van der Waals surface area contributed by atoms with E-state index in [1.165, 1.54) is 22.5 Å². The Hall–Kier alpha value is -0.940. The van der Waals surface area contributed by atoms with Gasteiger partial charge in [0, 0.05) is 5.69 Å². The van der Waals surface area contributed by atoms with Gasteiger partial charge < -0.3 is 5.32 Å². The maximum absolute atomic E-state index is 3.99. The van der Waals surface area contributed by atoms with Crippen LogP contribution in [0.1, 0.15) is 11.1 Å². The number of aromatic nitrogens is 2. The van der Waals surface area contributed by atoms with Crippen molar-refractivity contribution in [1.82, 2.24) is 10.2 Å². The van der Waals surface area contributed by atoms with Crippen LogP contribution in [0.3, 0.4) is 0 Å². The summed E-state index contributed by atoms with van der Waals surface area (Å²) in [6.07, 6.45) is 0. The van der Waals surface area contributed by atoms with Crippen LogP contribution in [0.2, 0.25) is 0 Å². The first-order chi connectivity index (χ1) is 7.15. The average molecular weight is 284 g/mol. The van der Waals surface area contributed by atoms with Gasteiger partial charge in [-0.3, -0.25) is 0 Å². The number of halogens is 1. The van der Waals surface area contributed by atoms with E-state index < -0.39 is 0 Å². The molecule has 0 amide bonds. The summed E-state index contributed by atoms with van der Waals surface area (Å²) in [6.45, 7) is 4.14. The Bertz CT molecular complexity index is 481. The molecule has 0 saturated carbocycles.